The van der Waals surface area contributed by atoms with Gasteiger partial charge in [-0.2, -0.15) is 0 Å². The molecule has 2 aromatic carbocycles. The molecule has 0 spiro atoms. The number of nitrogens with one attached hydrogen (secondary N) is 1. The molecule has 0 unspecified atom stereocenters. The average Bonchev–Trinajstić information content (AvgIpc) is 2.55. The molecule has 0 bridgehead atoms. The fraction of sp³-hybridized carbons (Fsp3) is 0.278. The highest BCUT2D eigenvalue weighted by Gasteiger charge is 2.12. The number of hydrogen-bond acceptors (Lipinski definition) is 2. The highest BCUT2D eigenvalue weighted by atomic mass is 35.5. The Hall–Kier alpha value is -2.07. The third kappa shape index (κ3) is 4.45. The van der Waals surface area contributed by atoms with Gasteiger partial charge >= 0.3 is 0 Å². The van der Waals surface area contributed by atoms with Gasteiger partial charge in [-0.05, 0) is 35.7 Å². The molecule has 0 radical (unpaired) electrons. The predicted molar refractivity (Wildman–Crippen MR) is 89.3 cm³/mol. The van der Waals surface area contributed by atoms with Crippen LogP contribution in [0.15, 0.2) is 36.4 Å². The minimum atomic E-state index is -0.399. The largest absolute Gasteiger partial charge is 0.486 e. The molecule has 0 aromatic heterocycles. The number of halogens is 2. The van der Waals surface area contributed by atoms with Crippen molar-refractivity contribution in [2.24, 2.45) is 0 Å². The number of carbonyl (C=O) groups is 1. The molecular formula is C18H19ClFNO2. The number of aryl methyl sites for hydroxylation is 1. The van der Waals surface area contributed by atoms with Crippen molar-refractivity contribution in [2.75, 3.05) is 7.05 Å². The quantitative estimate of drug-likeness (QED) is 0.869. The Kier molecular flexibility index (Phi) is 5.99. The lowest BCUT2D eigenvalue weighted by atomic mass is 10.0. The third-order valence-electron chi connectivity index (χ3n) is 3.62. The highest BCUT2D eigenvalue weighted by molar-refractivity contribution is 6.31. The maximum Gasteiger partial charge on any atom is 0.224 e. The van der Waals surface area contributed by atoms with Crippen LogP contribution >= 0.6 is 11.6 Å². The van der Waals surface area contributed by atoms with E-state index >= 15 is 0 Å². The lowest BCUT2D eigenvalue weighted by Crippen LogP contribution is -2.21. The van der Waals surface area contributed by atoms with Crippen molar-refractivity contribution >= 4 is 17.5 Å². The molecule has 2 aromatic rings. The summed E-state index contributed by atoms with van der Waals surface area (Å²) in [6.07, 6.45) is 0.963. The summed E-state index contributed by atoms with van der Waals surface area (Å²) in [6, 6.07) is 10.2. The number of amides is 1. The summed E-state index contributed by atoms with van der Waals surface area (Å²) in [5, 5.41) is 3.07. The van der Waals surface area contributed by atoms with E-state index in [4.69, 9.17) is 16.3 Å². The molecule has 0 aliphatic carbocycles. The molecule has 23 heavy (non-hydrogen) atoms. The second kappa shape index (κ2) is 7.97. The maximum absolute atomic E-state index is 14.0. The van der Waals surface area contributed by atoms with Gasteiger partial charge in [-0.15, -0.1) is 0 Å². The summed E-state index contributed by atoms with van der Waals surface area (Å²) < 4.78 is 19.6. The summed E-state index contributed by atoms with van der Waals surface area (Å²) in [4.78, 5) is 11.6. The Balaban J connectivity index is 2.18. The first-order valence-corrected chi connectivity index (χ1v) is 7.81. The number of ether oxygens (including phenoxy) is 1. The Labute approximate surface area is 140 Å². The van der Waals surface area contributed by atoms with E-state index in [-0.39, 0.29) is 24.7 Å². The van der Waals surface area contributed by atoms with Crippen molar-refractivity contribution in [1.82, 2.24) is 5.32 Å². The van der Waals surface area contributed by atoms with E-state index in [9.17, 15) is 9.18 Å². The number of benzene rings is 2. The van der Waals surface area contributed by atoms with Crippen molar-refractivity contribution < 1.29 is 13.9 Å². The lowest BCUT2D eigenvalue weighted by Gasteiger charge is -2.13. The molecule has 0 aliphatic rings. The molecule has 0 saturated carbocycles. The van der Waals surface area contributed by atoms with Crippen LogP contribution in [0.1, 0.15) is 23.6 Å². The van der Waals surface area contributed by atoms with Gasteiger partial charge in [0, 0.05) is 17.6 Å². The molecule has 3 nitrogen and oxygen atoms in total. The van der Waals surface area contributed by atoms with Crippen LogP contribution in [0.25, 0.3) is 0 Å². The van der Waals surface area contributed by atoms with Crippen LogP contribution in [-0.2, 0) is 24.2 Å². The zero-order chi connectivity index (χ0) is 16.8. The monoisotopic (exact) mass is 335 g/mol. The zero-order valence-corrected chi connectivity index (χ0v) is 13.9. The predicted octanol–water partition coefficient (Wildman–Crippen LogP) is 3.91. The van der Waals surface area contributed by atoms with E-state index in [1.54, 1.807) is 25.2 Å². The van der Waals surface area contributed by atoms with Crippen molar-refractivity contribution in [3.8, 4) is 5.75 Å². The highest BCUT2D eigenvalue weighted by Crippen LogP contribution is 2.25. The first-order chi connectivity index (χ1) is 11.0. The summed E-state index contributed by atoms with van der Waals surface area (Å²) in [7, 11) is 1.58. The van der Waals surface area contributed by atoms with Crippen LogP contribution in [0.3, 0.4) is 0 Å². The van der Waals surface area contributed by atoms with Gasteiger partial charge in [-0.1, -0.05) is 36.7 Å². The topological polar surface area (TPSA) is 38.3 Å². The third-order valence-corrected chi connectivity index (χ3v) is 3.98. The summed E-state index contributed by atoms with van der Waals surface area (Å²) in [5.41, 5.74) is 2.37. The molecule has 1 amide bonds. The van der Waals surface area contributed by atoms with Gasteiger partial charge in [0.1, 0.15) is 6.61 Å². The Bertz CT molecular complexity index is 703. The van der Waals surface area contributed by atoms with Gasteiger partial charge in [0.25, 0.3) is 0 Å². The van der Waals surface area contributed by atoms with Gasteiger partial charge in [-0.3, -0.25) is 4.79 Å². The molecule has 122 valence electrons. The molecule has 0 fully saturated rings. The molecule has 0 heterocycles. The van der Waals surface area contributed by atoms with Gasteiger partial charge in [-0.25, -0.2) is 4.39 Å². The van der Waals surface area contributed by atoms with Crippen LogP contribution in [-0.4, -0.2) is 13.0 Å². The summed E-state index contributed by atoms with van der Waals surface area (Å²) in [6.45, 7) is 2.07. The minimum absolute atomic E-state index is 0.106. The van der Waals surface area contributed by atoms with E-state index in [2.05, 4.69) is 5.32 Å². The number of carbonyl (C=O) groups excluding carboxylic acids is 1. The summed E-state index contributed by atoms with van der Waals surface area (Å²) in [5.74, 6) is -0.343. The maximum atomic E-state index is 14.0. The van der Waals surface area contributed by atoms with Crippen molar-refractivity contribution in [3.05, 3.63) is 63.9 Å². The smallest absolute Gasteiger partial charge is 0.224 e. The standard InChI is InChI=1S/C18H19ClFNO2/c1-3-12-7-8-17(16(20)9-12)23-11-14-13(10-18(22)21-2)5-4-6-15(14)19/h4-9H,3,10-11H2,1-2H3,(H,21,22). The lowest BCUT2D eigenvalue weighted by molar-refractivity contribution is -0.119. The normalized spacial score (nSPS) is 10.4. The zero-order valence-electron chi connectivity index (χ0n) is 13.2. The van der Waals surface area contributed by atoms with Crippen LogP contribution in [0.2, 0.25) is 5.02 Å². The first kappa shape index (κ1) is 17.3. The van der Waals surface area contributed by atoms with Crippen molar-refractivity contribution in [1.29, 1.82) is 0 Å². The minimum Gasteiger partial charge on any atom is -0.486 e. The van der Waals surface area contributed by atoms with Crippen LogP contribution in [0.5, 0.6) is 5.75 Å². The Morgan fingerprint density at radius 1 is 1.30 bits per heavy atom. The Morgan fingerprint density at radius 3 is 2.74 bits per heavy atom. The van der Waals surface area contributed by atoms with Gasteiger partial charge in [0.2, 0.25) is 5.91 Å². The molecule has 1 N–H and O–H groups in total. The Morgan fingerprint density at radius 2 is 2.09 bits per heavy atom. The van der Waals surface area contributed by atoms with Gasteiger partial charge in [0.05, 0.1) is 6.42 Å². The SMILES string of the molecule is CCc1ccc(OCc2c(Cl)cccc2CC(=O)NC)c(F)c1. The molecule has 0 atom stereocenters. The second-order valence-electron chi connectivity index (χ2n) is 5.13. The molecule has 5 heteroatoms. The van der Waals surface area contributed by atoms with E-state index in [1.807, 2.05) is 19.1 Å². The van der Waals surface area contributed by atoms with E-state index in [0.717, 1.165) is 17.5 Å². The average molecular weight is 336 g/mol. The number of rotatable bonds is 6. The molecular weight excluding hydrogens is 317 g/mol. The molecule has 0 saturated heterocycles. The number of hydrogen-bond donors (Lipinski definition) is 1. The van der Waals surface area contributed by atoms with E-state index < -0.39 is 5.82 Å². The van der Waals surface area contributed by atoms with Crippen LogP contribution < -0.4 is 10.1 Å². The van der Waals surface area contributed by atoms with E-state index in [1.165, 1.54) is 6.07 Å². The van der Waals surface area contributed by atoms with Crippen molar-refractivity contribution in [3.63, 3.8) is 0 Å². The van der Waals surface area contributed by atoms with Gasteiger partial charge in [0.15, 0.2) is 11.6 Å². The molecule has 2 rings (SSSR count). The molecule has 0 aliphatic heterocycles. The fourth-order valence-corrected chi connectivity index (χ4v) is 2.47. The van der Waals surface area contributed by atoms with Gasteiger partial charge < -0.3 is 10.1 Å². The first-order valence-electron chi connectivity index (χ1n) is 7.43. The second-order valence-corrected chi connectivity index (χ2v) is 5.54. The summed E-state index contributed by atoms with van der Waals surface area (Å²) >= 11 is 6.20. The number of likely N-dealkylation sites (N-methyl/N-ethyl adjacent to an activating group) is 1. The van der Waals surface area contributed by atoms with Crippen molar-refractivity contribution in [2.45, 2.75) is 26.4 Å². The van der Waals surface area contributed by atoms with Crippen LogP contribution in [0.4, 0.5) is 4.39 Å². The van der Waals surface area contributed by atoms with E-state index in [0.29, 0.717) is 10.6 Å². The fourth-order valence-electron chi connectivity index (χ4n) is 2.22. The van der Waals surface area contributed by atoms with Crippen LogP contribution in [0, 0.1) is 5.82 Å².